The normalized spacial score (nSPS) is 13.1. The van der Waals surface area contributed by atoms with Gasteiger partial charge in [0, 0.05) is 36.3 Å². The van der Waals surface area contributed by atoms with E-state index < -0.39 is 11.9 Å². The van der Waals surface area contributed by atoms with Crippen LogP contribution in [0.4, 0.5) is 0 Å². The van der Waals surface area contributed by atoms with Crippen molar-refractivity contribution >= 4 is 110 Å². The SMILES string of the molecule is CCCCCCC1(CCCCCC)c2cc(-c3cc4c(s3)c3sc(/C=C(\C#N)C(=O)O)cc3n4-c3ccc(OC)cc3)ccc2-c2ccc(-c3cc4c(s3)c3sc(/C=C(\C#N)C(=O)O)cc3n4-c3ccc(OC)cc3)cc21. The highest BCUT2D eigenvalue weighted by molar-refractivity contribution is 7.30. The van der Waals surface area contributed by atoms with Gasteiger partial charge in [0.05, 0.1) is 55.1 Å². The topological polar surface area (TPSA) is 150 Å². The first-order valence-electron chi connectivity index (χ1n) is 26.0. The highest BCUT2D eigenvalue weighted by Gasteiger charge is 2.43. The monoisotopic (exact) mass is 1090 g/mol. The molecule has 6 aromatic heterocycles. The van der Waals surface area contributed by atoms with Gasteiger partial charge in [0.15, 0.2) is 0 Å². The molecule has 10 nitrogen and oxygen atoms in total. The third-order valence-corrected chi connectivity index (χ3v) is 19.9. The van der Waals surface area contributed by atoms with Crippen molar-refractivity contribution in [2.45, 2.75) is 83.5 Å². The molecule has 2 N–H and O–H groups in total. The fourth-order valence-corrected chi connectivity index (χ4v) is 16.1. The van der Waals surface area contributed by atoms with E-state index in [-0.39, 0.29) is 16.6 Å². The molecular formula is C63H54N4O6S4. The van der Waals surface area contributed by atoms with Crippen LogP contribution in [-0.2, 0) is 15.0 Å². The number of ether oxygens (including phenoxy) is 2. The molecule has 6 heterocycles. The lowest BCUT2D eigenvalue weighted by Gasteiger charge is -2.33. The zero-order chi connectivity index (χ0) is 53.5. The van der Waals surface area contributed by atoms with E-state index in [4.69, 9.17) is 9.47 Å². The van der Waals surface area contributed by atoms with Crippen LogP contribution in [0.25, 0.3) is 96.4 Å². The molecule has 77 heavy (non-hydrogen) atoms. The standard InChI is InChI=1S/C63H54N4O6S4/c1-5-7-9-11-25-63(26-12-10-8-6-2)49-29-37(55-33-53-59(76-55)57-51(31-45(74-57)27-39(35-64)61(68)69)66(53)41-15-19-43(72-3)20-16-41)13-23-47(49)48-24-14-38(30-50(48)63)56-34-54-60(77-56)58-52(32-46(75-58)28-40(36-65)62(70)71)67(54)42-17-21-44(73-4)22-18-42/h13-24,27-34H,5-12,25-26H2,1-4H3,(H,68,69)(H,70,71)/b39-27+,40-28+. The minimum Gasteiger partial charge on any atom is -0.497 e. The zero-order valence-electron chi connectivity index (χ0n) is 43.1. The number of nitriles is 2. The number of carboxylic acids is 2. The van der Waals surface area contributed by atoms with E-state index in [9.17, 15) is 30.3 Å². The Kier molecular flexibility index (Phi) is 14.3. The fraction of sp³-hybridized carbons (Fsp3) is 0.238. The predicted molar refractivity (Wildman–Crippen MR) is 317 cm³/mol. The Morgan fingerprint density at radius 2 is 0.922 bits per heavy atom. The summed E-state index contributed by atoms with van der Waals surface area (Å²) in [6.45, 7) is 4.54. The molecule has 4 aromatic carbocycles. The molecule has 1 aliphatic carbocycles. The average molecular weight is 1090 g/mol. The molecule has 0 aliphatic heterocycles. The first-order chi connectivity index (χ1) is 37.5. The molecule has 0 unspecified atom stereocenters. The maximum absolute atomic E-state index is 11.9. The van der Waals surface area contributed by atoms with Gasteiger partial charge in [-0.2, -0.15) is 10.5 Å². The molecule has 10 aromatic rings. The van der Waals surface area contributed by atoms with Crippen LogP contribution in [0.1, 0.15) is 98.9 Å². The number of benzene rings is 4. The molecule has 0 amide bonds. The lowest BCUT2D eigenvalue weighted by molar-refractivity contribution is -0.133. The third kappa shape index (κ3) is 9.23. The van der Waals surface area contributed by atoms with Gasteiger partial charge in [-0.25, -0.2) is 9.59 Å². The summed E-state index contributed by atoms with van der Waals surface area (Å²) in [5.41, 5.74) is 12.8. The molecule has 1 aliphatic rings. The van der Waals surface area contributed by atoms with Gasteiger partial charge >= 0.3 is 11.9 Å². The number of methoxy groups -OCH3 is 2. The summed E-state index contributed by atoms with van der Waals surface area (Å²) in [6.07, 6.45) is 14.3. The molecule has 386 valence electrons. The summed E-state index contributed by atoms with van der Waals surface area (Å²) in [4.78, 5) is 27.5. The van der Waals surface area contributed by atoms with Crippen LogP contribution in [0.15, 0.2) is 120 Å². The van der Waals surface area contributed by atoms with Crippen LogP contribution in [0.3, 0.4) is 0 Å². The number of fused-ring (bicyclic) bond motifs is 9. The summed E-state index contributed by atoms with van der Waals surface area (Å²) in [5.74, 6) is -1.00. The maximum atomic E-state index is 11.9. The van der Waals surface area contributed by atoms with E-state index in [1.807, 2.05) is 72.8 Å². The summed E-state index contributed by atoms with van der Waals surface area (Å²) in [5, 5.41) is 38.8. The van der Waals surface area contributed by atoms with E-state index in [1.165, 1.54) is 82.8 Å². The van der Waals surface area contributed by atoms with Gasteiger partial charge in [0.1, 0.15) is 34.8 Å². The summed E-state index contributed by atoms with van der Waals surface area (Å²) in [6, 6.07) is 42.4. The van der Waals surface area contributed by atoms with E-state index in [0.29, 0.717) is 9.75 Å². The number of nitrogens with zero attached hydrogens (tertiary/aromatic N) is 4. The molecule has 0 spiro atoms. The van der Waals surface area contributed by atoms with Crippen LogP contribution < -0.4 is 9.47 Å². The number of carbonyl (C=O) groups is 2. The molecule has 11 rings (SSSR count). The van der Waals surface area contributed by atoms with Crippen molar-refractivity contribution in [3.63, 3.8) is 0 Å². The number of aromatic nitrogens is 2. The van der Waals surface area contributed by atoms with Crippen LogP contribution in [0.5, 0.6) is 11.5 Å². The summed E-state index contributed by atoms with van der Waals surface area (Å²) >= 11 is 6.50. The predicted octanol–water partition coefficient (Wildman–Crippen LogP) is 17.7. The fourth-order valence-electron chi connectivity index (χ4n) is 11.3. The van der Waals surface area contributed by atoms with Crippen molar-refractivity contribution in [3.8, 4) is 67.0 Å². The van der Waals surface area contributed by atoms with Crippen molar-refractivity contribution in [3.05, 3.63) is 141 Å². The Balaban J connectivity index is 1.06. The second kappa shape index (κ2) is 21.4. The molecule has 0 atom stereocenters. The molecule has 0 saturated heterocycles. The van der Waals surface area contributed by atoms with Gasteiger partial charge in [-0.3, -0.25) is 0 Å². The Bertz CT molecular complexity index is 3820. The minimum atomic E-state index is -1.25. The molecule has 0 bridgehead atoms. The summed E-state index contributed by atoms with van der Waals surface area (Å²) < 4.78 is 19.8. The summed E-state index contributed by atoms with van der Waals surface area (Å²) in [7, 11) is 3.31. The highest BCUT2D eigenvalue weighted by atomic mass is 32.1. The maximum Gasteiger partial charge on any atom is 0.346 e. The Labute approximate surface area is 462 Å². The van der Waals surface area contributed by atoms with Crippen molar-refractivity contribution < 1.29 is 29.3 Å². The van der Waals surface area contributed by atoms with Crippen LogP contribution in [0.2, 0.25) is 0 Å². The Hall–Kier alpha value is -7.72. The number of unbranched alkanes of at least 4 members (excludes halogenated alkanes) is 6. The third-order valence-electron chi connectivity index (χ3n) is 15.0. The van der Waals surface area contributed by atoms with Gasteiger partial charge in [0.25, 0.3) is 0 Å². The molecule has 0 radical (unpaired) electrons. The average Bonchev–Trinajstić information content (AvgIpc) is 4.51. The van der Waals surface area contributed by atoms with Gasteiger partial charge in [0.2, 0.25) is 0 Å². The van der Waals surface area contributed by atoms with E-state index in [1.54, 1.807) is 36.9 Å². The highest BCUT2D eigenvalue weighted by Crippen LogP contribution is 2.57. The molecule has 14 heteroatoms. The van der Waals surface area contributed by atoms with Crippen LogP contribution >= 0.6 is 45.3 Å². The van der Waals surface area contributed by atoms with Gasteiger partial charge in [-0.05, 0) is 143 Å². The number of thiophene rings is 4. The largest absolute Gasteiger partial charge is 0.497 e. The number of hydrogen-bond donors (Lipinski definition) is 2. The molecular weight excluding hydrogens is 1040 g/mol. The van der Waals surface area contributed by atoms with Crippen molar-refractivity contribution in [1.29, 1.82) is 10.5 Å². The first kappa shape index (κ1) is 51.4. The van der Waals surface area contributed by atoms with Crippen molar-refractivity contribution in [1.82, 2.24) is 9.13 Å². The number of hydrogen-bond acceptors (Lipinski definition) is 10. The number of aliphatic carboxylic acids is 2. The smallest absolute Gasteiger partial charge is 0.346 e. The van der Waals surface area contributed by atoms with Gasteiger partial charge in [-0.1, -0.05) is 89.5 Å². The first-order valence-corrected chi connectivity index (χ1v) is 29.2. The van der Waals surface area contributed by atoms with Crippen molar-refractivity contribution in [2.24, 2.45) is 0 Å². The van der Waals surface area contributed by atoms with E-state index >= 15 is 0 Å². The van der Waals surface area contributed by atoms with E-state index in [2.05, 4.69) is 71.5 Å². The number of carboxylic acid groups (broad SMARTS) is 2. The van der Waals surface area contributed by atoms with Crippen molar-refractivity contribution in [2.75, 3.05) is 14.2 Å². The minimum absolute atomic E-state index is 0.224. The Morgan fingerprint density at radius 3 is 1.29 bits per heavy atom. The van der Waals surface area contributed by atoms with Gasteiger partial charge < -0.3 is 28.8 Å². The zero-order valence-corrected chi connectivity index (χ0v) is 46.3. The number of rotatable bonds is 20. The second-order valence-electron chi connectivity index (χ2n) is 19.6. The Morgan fingerprint density at radius 1 is 0.532 bits per heavy atom. The van der Waals surface area contributed by atoms with Crippen LogP contribution in [0, 0.1) is 22.7 Å². The van der Waals surface area contributed by atoms with Gasteiger partial charge in [-0.15, -0.1) is 45.3 Å². The van der Waals surface area contributed by atoms with E-state index in [0.717, 1.165) is 123 Å². The lowest BCUT2D eigenvalue weighted by Crippen LogP contribution is -2.25. The lowest BCUT2D eigenvalue weighted by atomic mass is 9.70. The quantitative estimate of drug-likeness (QED) is 0.0435. The molecule has 0 saturated carbocycles. The molecule has 0 fully saturated rings. The van der Waals surface area contributed by atoms with Crippen LogP contribution in [-0.4, -0.2) is 45.5 Å². The second-order valence-corrected chi connectivity index (χ2v) is 23.9.